The summed E-state index contributed by atoms with van der Waals surface area (Å²) in [5.74, 6) is 7.18. The highest BCUT2D eigenvalue weighted by Gasteiger charge is 2.77. The molecule has 0 aromatic rings. The van der Waals surface area contributed by atoms with E-state index >= 15 is 0 Å². The van der Waals surface area contributed by atoms with Gasteiger partial charge in [-0.1, -0.05) is 83.1 Å². The predicted molar refractivity (Wildman–Crippen MR) is 190 cm³/mol. The zero-order valence-corrected chi connectivity index (χ0v) is 32.0. The number of thioether (sulfide) groups is 2. The highest BCUT2D eigenvalue weighted by atomic mass is 32.2. The molecular formula is C40H66N2S2. The molecule has 0 amide bonds. The summed E-state index contributed by atoms with van der Waals surface area (Å²) in [7, 11) is 0. The predicted octanol–water partition coefficient (Wildman–Crippen LogP) is 9.32. The van der Waals surface area contributed by atoms with Crippen molar-refractivity contribution in [1.82, 2.24) is 9.80 Å². The van der Waals surface area contributed by atoms with Gasteiger partial charge in [0.1, 0.15) is 0 Å². The van der Waals surface area contributed by atoms with Gasteiger partial charge in [0, 0.05) is 57.3 Å². The summed E-state index contributed by atoms with van der Waals surface area (Å²) in [5.41, 5.74) is 1.65. The Labute approximate surface area is 280 Å². The second-order valence-electron chi connectivity index (χ2n) is 22.2. The van der Waals surface area contributed by atoms with Crippen molar-refractivity contribution in [2.45, 2.75) is 179 Å². The van der Waals surface area contributed by atoms with Gasteiger partial charge in [-0.25, -0.2) is 0 Å². The molecule has 2 nitrogen and oxygen atoms in total. The summed E-state index contributed by atoms with van der Waals surface area (Å²) in [6, 6.07) is 5.04. The van der Waals surface area contributed by atoms with Gasteiger partial charge in [0.15, 0.2) is 0 Å². The maximum Gasteiger partial charge on any atom is 0.0380 e. The van der Waals surface area contributed by atoms with Crippen LogP contribution in [0.15, 0.2) is 0 Å². The topological polar surface area (TPSA) is 6.48 Å². The van der Waals surface area contributed by atoms with Gasteiger partial charge in [-0.15, -0.1) is 0 Å². The molecule has 4 aliphatic carbocycles. The monoisotopic (exact) mass is 638 g/mol. The zero-order valence-electron chi connectivity index (χ0n) is 30.3. The highest BCUT2D eigenvalue weighted by Crippen LogP contribution is 2.73. The van der Waals surface area contributed by atoms with E-state index in [0.29, 0.717) is 21.7 Å². The van der Waals surface area contributed by atoms with Crippen LogP contribution in [0.25, 0.3) is 0 Å². The van der Waals surface area contributed by atoms with E-state index in [4.69, 9.17) is 0 Å². The van der Waals surface area contributed by atoms with Crippen molar-refractivity contribution >= 4 is 23.5 Å². The third-order valence-corrected chi connectivity index (χ3v) is 19.6. The molecule has 0 bridgehead atoms. The standard InChI is InChI=1S/C40H66N2S2/c1-37(2,3)19-13-21-29-23(39(7,8)9)17-28-34-35(29)41-31(21)25(15-19)43-27-18-24(40(10,11)12)30-22-14-20(38(4,5)6)16-26(44-28)32(22)42(34)36(30)33(27)41/h19-36H,13-18H2,1-12H3. The highest BCUT2D eigenvalue weighted by molar-refractivity contribution is 8.01. The van der Waals surface area contributed by atoms with Crippen LogP contribution >= 0.6 is 23.5 Å². The molecule has 4 saturated carbocycles. The molecule has 18 atom stereocenters. The lowest BCUT2D eigenvalue weighted by atomic mass is 9.56. The van der Waals surface area contributed by atoms with Crippen LogP contribution < -0.4 is 0 Å². The molecule has 0 spiro atoms. The Morgan fingerprint density at radius 1 is 0.386 bits per heavy atom. The van der Waals surface area contributed by atoms with Crippen molar-refractivity contribution in [3.05, 3.63) is 0 Å². The van der Waals surface area contributed by atoms with Gasteiger partial charge in [0.2, 0.25) is 0 Å². The van der Waals surface area contributed by atoms with Crippen molar-refractivity contribution in [1.29, 1.82) is 0 Å². The Kier molecular flexibility index (Phi) is 6.44. The molecule has 4 heteroatoms. The molecule has 18 unspecified atom stereocenters. The second kappa shape index (κ2) is 9.24. The summed E-state index contributed by atoms with van der Waals surface area (Å²) in [6.45, 7) is 31.3. The second-order valence-corrected chi connectivity index (χ2v) is 25.2. The van der Waals surface area contributed by atoms with Crippen molar-refractivity contribution in [3.8, 4) is 0 Å². The first kappa shape index (κ1) is 30.7. The molecule has 0 radical (unpaired) electrons. The average molecular weight is 639 g/mol. The molecule has 9 rings (SSSR count). The first-order valence-electron chi connectivity index (χ1n) is 19.2. The minimum atomic E-state index is 0.399. The van der Waals surface area contributed by atoms with E-state index in [9.17, 15) is 0 Å². The molecular weight excluding hydrogens is 573 g/mol. The minimum Gasteiger partial charge on any atom is -0.289 e. The van der Waals surface area contributed by atoms with E-state index in [1.165, 1.54) is 38.5 Å². The van der Waals surface area contributed by atoms with Gasteiger partial charge in [-0.2, -0.15) is 23.5 Å². The SMILES string of the molecule is CC(C)(C)C1CC2SC3CC(C(C)(C)C)C4C5CC(C(C)(C)C)CC6SC7CC(C(C)(C)C)C8C(C1)C2N1C3C4N(C65)C7C81. The number of rotatable bonds is 0. The van der Waals surface area contributed by atoms with Crippen molar-refractivity contribution < 1.29 is 0 Å². The number of piperazine rings is 1. The fourth-order valence-electron chi connectivity index (χ4n) is 14.6. The molecule has 5 saturated heterocycles. The third-order valence-electron chi connectivity index (χ3n) is 16.4. The van der Waals surface area contributed by atoms with E-state index in [1.807, 2.05) is 0 Å². The summed E-state index contributed by atoms with van der Waals surface area (Å²) >= 11 is 5.16. The molecule has 248 valence electrons. The minimum absolute atomic E-state index is 0.399. The summed E-state index contributed by atoms with van der Waals surface area (Å²) in [5, 5.41) is 3.43. The smallest absolute Gasteiger partial charge is 0.0380 e. The van der Waals surface area contributed by atoms with Gasteiger partial charge in [-0.05, 0) is 108 Å². The van der Waals surface area contributed by atoms with Gasteiger partial charge in [0.25, 0.3) is 0 Å². The lowest BCUT2D eigenvalue weighted by Crippen LogP contribution is -2.80. The number of hydrogen-bond acceptors (Lipinski definition) is 4. The molecule has 5 heterocycles. The van der Waals surface area contributed by atoms with Gasteiger partial charge < -0.3 is 0 Å². The van der Waals surface area contributed by atoms with Crippen LogP contribution in [0.4, 0.5) is 0 Å². The first-order valence-corrected chi connectivity index (χ1v) is 21.1. The van der Waals surface area contributed by atoms with Crippen LogP contribution in [0, 0.1) is 69.0 Å². The normalized spacial score (nSPS) is 56.2. The largest absolute Gasteiger partial charge is 0.289 e. The lowest BCUT2D eigenvalue weighted by molar-refractivity contribution is -0.128. The molecule has 0 aromatic carbocycles. The van der Waals surface area contributed by atoms with E-state index in [0.717, 1.165) is 105 Å². The summed E-state index contributed by atoms with van der Waals surface area (Å²) in [6.07, 6.45) is 8.98. The van der Waals surface area contributed by atoms with E-state index < -0.39 is 0 Å². The molecule has 0 aromatic heterocycles. The zero-order chi connectivity index (χ0) is 31.2. The maximum atomic E-state index is 3.45. The van der Waals surface area contributed by atoms with Gasteiger partial charge in [-0.3, -0.25) is 9.80 Å². The van der Waals surface area contributed by atoms with Crippen LogP contribution in [-0.4, -0.2) is 67.1 Å². The third kappa shape index (κ3) is 3.96. The molecule has 9 aliphatic rings. The van der Waals surface area contributed by atoms with E-state index in [2.05, 4.69) is 116 Å². The first-order chi connectivity index (χ1) is 20.4. The van der Waals surface area contributed by atoms with Crippen molar-refractivity contribution in [2.24, 2.45) is 69.0 Å². The van der Waals surface area contributed by atoms with Gasteiger partial charge in [0.05, 0.1) is 0 Å². The van der Waals surface area contributed by atoms with Gasteiger partial charge >= 0.3 is 0 Å². The Balaban J connectivity index is 1.24. The number of nitrogens with zero attached hydrogens (tertiary/aromatic N) is 2. The average Bonchev–Trinajstić information content (AvgIpc) is 3.42. The quantitative estimate of drug-likeness (QED) is 0.261. The van der Waals surface area contributed by atoms with Crippen LogP contribution in [-0.2, 0) is 0 Å². The Hall–Kier alpha value is 0.620. The Morgan fingerprint density at radius 3 is 1.05 bits per heavy atom. The molecule has 9 fully saturated rings. The fraction of sp³-hybridized carbons (Fsp3) is 1.00. The molecule has 0 N–H and O–H groups in total. The fourth-order valence-corrected chi connectivity index (χ4v) is 18.8. The number of fused-ring (bicyclic) bond motifs is 2. The summed E-state index contributed by atoms with van der Waals surface area (Å²) in [4.78, 5) is 6.89. The van der Waals surface area contributed by atoms with Crippen LogP contribution in [0.1, 0.15) is 122 Å². The van der Waals surface area contributed by atoms with Crippen LogP contribution in [0.3, 0.4) is 0 Å². The molecule has 5 aliphatic heterocycles. The van der Waals surface area contributed by atoms with Crippen LogP contribution in [0.2, 0.25) is 0 Å². The van der Waals surface area contributed by atoms with Crippen molar-refractivity contribution in [2.75, 3.05) is 0 Å². The summed E-state index contributed by atoms with van der Waals surface area (Å²) < 4.78 is 0. The maximum absolute atomic E-state index is 3.45. The van der Waals surface area contributed by atoms with E-state index in [1.54, 1.807) is 0 Å². The van der Waals surface area contributed by atoms with E-state index in [-0.39, 0.29) is 0 Å². The molecule has 44 heavy (non-hydrogen) atoms. The Morgan fingerprint density at radius 2 is 0.727 bits per heavy atom. The number of hydrogen-bond donors (Lipinski definition) is 0. The lowest BCUT2D eigenvalue weighted by Gasteiger charge is -2.68. The van der Waals surface area contributed by atoms with Crippen molar-refractivity contribution in [3.63, 3.8) is 0 Å². The van der Waals surface area contributed by atoms with Crippen LogP contribution in [0.5, 0.6) is 0 Å². The Bertz CT molecular complexity index is 1090.